The van der Waals surface area contributed by atoms with Crippen LogP contribution in [0.4, 0.5) is 32.0 Å². The van der Waals surface area contributed by atoms with Gasteiger partial charge in [0.15, 0.2) is 15.0 Å². The molecular weight excluding hydrogens is 394 g/mol. The maximum Gasteiger partial charge on any atom is 0.416 e. The quantitative estimate of drug-likeness (QED) is 0.729. The zero-order chi connectivity index (χ0) is 18.8. The molecule has 1 N–H and O–H groups in total. The van der Waals surface area contributed by atoms with E-state index in [0.29, 0.717) is 12.1 Å². The lowest BCUT2D eigenvalue weighted by atomic mass is 10.1. The average Bonchev–Trinajstić information content (AvgIpc) is 2.86. The maximum atomic E-state index is 13.0. The van der Waals surface area contributed by atoms with E-state index in [1.165, 1.54) is 0 Å². The van der Waals surface area contributed by atoms with Gasteiger partial charge >= 0.3 is 12.4 Å². The molecular formula is C13H10F6N2O2S2. The second kappa shape index (κ2) is 5.53. The van der Waals surface area contributed by atoms with Crippen LogP contribution in [0, 0.1) is 5.41 Å². The van der Waals surface area contributed by atoms with Gasteiger partial charge in [-0.05, 0) is 18.2 Å². The predicted molar refractivity (Wildman–Crippen MR) is 80.5 cm³/mol. The van der Waals surface area contributed by atoms with Gasteiger partial charge in [-0.3, -0.25) is 5.41 Å². The van der Waals surface area contributed by atoms with Crippen LogP contribution in [0.25, 0.3) is 0 Å². The van der Waals surface area contributed by atoms with Gasteiger partial charge in [0.2, 0.25) is 0 Å². The van der Waals surface area contributed by atoms with Gasteiger partial charge in [-0.15, -0.1) is 0 Å². The van der Waals surface area contributed by atoms with E-state index < -0.39 is 56.0 Å². The summed E-state index contributed by atoms with van der Waals surface area (Å²) in [4.78, 5) is 0.949. The van der Waals surface area contributed by atoms with Crippen LogP contribution in [-0.2, 0) is 22.2 Å². The molecule has 138 valence electrons. The zero-order valence-corrected chi connectivity index (χ0v) is 13.8. The number of hydrogen-bond donors (Lipinski definition) is 1. The molecule has 1 aromatic carbocycles. The van der Waals surface area contributed by atoms with Gasteiger partial charge in [0, 0.05) is 10.9 Å². The molecule has 0 unspecified atom stereocenters. The van der Waals surface area contributed by atoms with Crippen molar-refractivity contribution in [1.82, 2.24) is 0 Å². The number of benzene rings is 1. The predicted octanol–water partition coefficient (Wildman–Crippen LogP) is 3.38. The summed E-state index contributed by atoms with van der Waals surface area (Å²) >= 11 is 0.836. The first-order chi connectivity index (χ1) is 11.3. The van der Waals surface area contributed by atoms with Crippen LogP contribution in [0.15, 0.2) is 18.2 Å². The molecule has 0 spiro atoms. The van der Waals surface area contributed by atoms with Crippen molar-refractivity contribution in [2.75, 3.05) is 16.4 Å². The second-order valence-electron chi connectivity index (χ2n) is 5.74. The summed E-state index contributed by atoms with van der Waals surface area (Å²) in [6, 6.07) is 0.168. The number of anilines is 1. The summed E-state index contributed by atoms with van der Waals surface area (Å²) in [7, 11) is -3.45. The SMILES string of the molecule is N=C1S[C@H]2CS(=O)(=O)C[C@@H]2N1c1cc(C(F)(F)F)cc(C(F)(F)F)c1. The van der Waals surface area contributed by atoms with E-state index in [0.717, 1.165) is 16.7 Å². The highest BCUT2D eigenvalue weighted by atomic mass is 32.2. The Labute approximate surface area is 142 Å². The molecule has 4 nitrogen and oxygen atoms in total. The van der Waals surface area contributed by atoms with Crippen molar-refractivity contribution in [1.29, 1.82) is 5.41 Å². The molecule has 0 aromatic heterocycles. The lowest BCUT2D eigenvalue weighted by Crippen LogP contribution is -2.37. The van der Waals surface area contributed by atoms with Crippen molar-refractivity contribution in [3.8, 4) is 0 Å². The Bertz CT molecular complexity index is 802. The van der Waals surface area contributed by atoms with Crippen LogP contribution in [0.2, 0.25) is 0 Å². The highest BCUT2D eigenvalue weighted by Crippen LogP contribution is 2.44. The summed E-state index contributed by atoms with van der Waals surface area (Å²) in [6.45, 7) is 0. The van der Waals surface area contributed by atoms with E-state index in [-0.39, 0.29) is 17.0 Å². The van der Waals surface area contributed by atoms with Crippen molar-refractivity contribution in [3.63, 3.8) is 0 Å². The number of fused-ring (bicyclic) bond motifs is 1. The van der Waals surface area contributed by atoms with Crippen LogP contribution in [-0.4, -0.2) is 36.4 Å². The maximum absolute atomic E-state index is 13.0. The molecule has 2 aliphatic rings. The van der Waals surface area contributed by atoms with Gasteiger partial charge in [-0.2, -0.15) is 26.3 Å². The van der Waals surface area contributed by atoms with Gasteiger partial charge in [-0.25, -0.2) is 8.42 Å². The summed E-state index contributed by atoms with van der Waals surface area (Å²) < 4.78 is 101. The van der Waals surface area contributed by atoms with Gasteiger partial charge in [0.25, 0.3) is 0 Å². The van der Waals surface area contributed by atoms with Crippen LogP contribution >= 0.6 is 11.8 Å². The highest BCUT2D eigenvalue weighted by Gasteiger charge is 2.49. The third kappa shape index (κ3) is 3.46. The molecule has 12 heteroatoms. The van der Waals surface area contributed by atoms with Crippen molar-refractivity contribution in [2.45, 2.75) is 23.6 Å². The number of amidine groups is 1. The van der Waals surface area contributed by atoms with Gasteiger partial charge < -0.3 is 4.90 Å². The van der Waals surface area contributed by atoms with E-state index in [2.05, 4.69) is 0 Å². The molecule has 25 heavy (non-hydrogen) atoms. The molecule has 2 fully saturated rings. The third-order valence-corrected chi connectivity index (χ3v) is 7.07. The molecule has 2 saturated heterocycles. The normalized spacial score (nSPS) is 26.2. The minimum absolute atomic E-state index is 0.000786. The van der Waals surface area contributed by atoms with Crippen molar-refractivity contribution >= 4 is 32.5 Å². The summed E-state index contributed by atoms with van der Waals surface area (Å²) in [6.07, 6.45) is -10.0. The molecule has 0 aliphatic carbocycles. The molecule has 2 aliphatic heterocycles. The van der Waals surface area contributed by atoms with E-state index in [1.807, 2.05) is 0 Å². The van der Waals surface area contributed by atoms with Crippen LogP contribution in [0.3, 0.4) is 0 Å². The van der Waals surface area contributed by atoms with Crippen LogP contribution < -0.4 is 4.90 Å². The highest BCUT2D eigenvalue weighted by molar-refractivity contribution is 8.15. The molecule has 0 amide bonds. The third-order valence-electron chi connectivity index (χ3n) is 3.94. The molecule has 1 aromatic rings. The first-order valence-corrected chi connectivity index (χ1v) is 9.52. The van der Waals surface area contributed by atoms with Crippen molar-refractivity contribution in [2.24, 2.45) is 0 Å². The van der Waals surface area contributed by atoms with E-state index in [9.17, 15) is 34.8 Å². The molecule has 3 rings (SSSR count). The Morgan fingerprint density at radius 2 is 1.52 bits per heavy atom. The number of halogens is 6. The minimum Gasteiger partial charge on any atom is -0.316 e. The van der Waals surface area contributed by atoms with Gasteiger partial charge in [0.05, 0.1) is 28.7 Å². The van der Waals surface area contributed by atoms with Crippen LogP contribution in [0.1, 0.15) is 11.1 Å². The second-order valence-corrected chi connectivity index (χ2v) is 9.12. The minimum atomic E-state index is -5.01. The van der Waals surface area contributed by atoms with Gasteiger partial charge in [0.1, 0.15) is 0 Å². The van der Waals surface area contributed by atoms with Gasteiger partial charge in [-0.1, -0.05) is 11.8 Å². The van der Waals surface area contributed by atoms with E-state index in [4.69, 9.17) is 5.41 Å². The number of alkyl halides is 6. The first-order valence-electron chi connectivity index (χ1n) is 6.82. The summed E-state index contributed by atoms with van der Waals surface area (Å²) in [5.74, 6) is -0.670. The Kier molecular flexibility index (Phi) is 4.06. The fourth-order valence-electron chi connectivity index (χ4n) is 2.89. The summed E-state index contributed by atoms with van der Waals surface area (Å²) in [5.41, 5.74) is -3.48. The number of rotatable bonds is 1. The average molecular weight is 404 g/mol. The van der Waals surface area contributed by atoms with Crippen molar-refractivity contribution in [3.05, 3.63) is 29.3 Å². The van der Waals surface area contributed by atoms with E-state index in [1.54, 1.807) is 0 Å². The molecule has 2 atom stereocenters. The number of hydrogen-bond acceptors (Lipinski definition) is 4. The smallest absolute Gasteiger partial charge is 0.316 e. The number of thioether (sulfide) groups is 1. The Balaban J connectivity index is 2.11. The largest absolute Gasteiger partial charge is 0.416 e. The summed E-state index contributed by atoms with van der Waals surface area (Å²) in [5, 5.41) is 7.01. The van der Waals surface area contributed by atoms with Crippen molar-refractivity contribution < 1.29 is 34.8 Å². The van der Waals surface area contributed by atoms with Crippen LogP contribution in [0.5, 0.6) is 0 Å². The first kappa shape index (κ1) is 18.4. The topological polar surface area (TPSA) is 61.2 Å². The fourth-order valence-corrected chi connectivity index (χ4v) is 6.68. The Morgan fingerprint density at radius 1 is 1.00 bits per heavy atom. The fraction of sp³-hybridized carbons (Fsp3) is 0.462. The Morgan fingerprint density at radius 3 is 2.00 bits per heavy atom. The molecule has 0 saturated carbocycles. The van der Waals surface area contributed by atoms with E-state index >= 15 is 0 Å². The Hall–Kier alpha value is -1.43. The number of nitrogens with one attached hydrogen (secondary N) is 1. The number of sulfone groups is 1. The lowest BCUT2D eigenvalue weighted by molar-refractivity contribution is -0.143. The monoisotopic (exact) mass is 404 g/mol. The zero-order valence-electron chi connectivity index (χ0n) is 12.1. The molecule has 0 bridgehead atoms. The molecule has 0 radical (unpaired) electrons. The standard InChI is InChI=1S/C13H10F6N2O2S2/c14-12(15,16)6-1-7(13(17,18)19)3-8(2-6)21-9-4-25(22,23)5-10(9)24-11(21)20/h1-3,9-10,20H,4-5H2/t9-,10-/m0/s1. The number of nitrogens with zero attached hydrogens (tertiary/aromatic N) is 1. The molecule has 2 heterocycles. The lowest BCUT2D eigenvalue weighted by Gasteiger charge is -2.26.